The van der Waals surface area contributed by atoms with E-state index in [0.717, 1.165) is 31.3 Å². The third kappa shape index (κ3) is 7.05. The number of nitrogens with one attached hydrogen (secondary N) is 2. The molecule has 140 valence electrons. The molecule has 2 N–H and O–H groups in total. The van der Waals surface area contributed by atoms with Gasteiger partial charge in [-0.1, -0.05) is 0 Å². The van der Waals surface area contributed by atoms with Gasteiger partial charge in [0, 0.05) is 7.05 Å². The van der Waals surface area contributed by atoms with Gasteiger partial charge >= 0.3 is 6.18 Å². The van der Waals surface area contributed by atoms with Gasteiger partial charge in [0.25, 0.3) is 0 Å². The zero-order valence-corrected chi connectivity index (χ0v) is 13.7. The molecule has 1 rings (SSSR count). The number of halogens is 4. The highest BCUT2D eigenvalue weighted by atomic mass is 32.2. The maximum atomic E-state index is 12.8. The fourth-order valence-corrected chi connectivity index (χ4v) is 2.70. The predicted octanol–water partition coefficient (Wildman–Crippen LogP) is 0.241. The Hall–Kier alpha value is -2.21. The number of alkyl halides is 3. The first kappa shape index (κ1) is 20.8. The largest absolute Gasteiger partial charge is 0.405 e. The van der Waals surface area contributed by atoms with E-state index in [1.54, 1.807) is 5.32 Å². The Bertz CT molecular complexity index is 720. The Kier molecular flexibility index (Phi) is 6.87. The van der Waals surface area contributed by atoms with Crippen LogP contribution in [-0.4, -0.2) is 57.4 Å². The highest BCUT2D eigenvalue weighted by Crippen LogP contribution is 2.14. The van der Waals surface area contributed by atoms with Crippen molar-refractivity contribution in [3.8, 4) is 0 Å². The van der Waals surface area contributed by atoms with E-state index >= 15 is 0 Å². The van der Waals surface area contributed by atoms with Crippen LogP contribution in [0.4, 0.5) is 17.6 Å². The molecule has 7 nitrogen and oxygen atoms in total. The van der Waals surface area contributed by atoms with E-state index in [1.165, 1.54) is 0 Å². The number of likely N-dealkylation sites (N-methyl/N-ethyl adjacent to an activating group) is 1. The van der Waals surface area contributed by atoms with Crippen LogP contribution < -0.4 is 10.6 Å². The first-order chi connectivity index (χ1) is 11.4. The molecule has 0 aliphatic heterocycles. The lowest BCUT2D eigenvalue weighted by Gasteiger charge is -2.17. The van der Waals surface area contributed by atoms with Crippen molar-refractivity contribution >= 4 is 21.8 Å². The van der Waals surface area contributed by atoms with Crippen LogP contribution >= 0.6 is 0 Å². The number of carbonyl (C=O) groups excluding carboxylic acids is 2. The van der Waals surface area contributed by atoms with Crippen molar-refractivity contribution in [3.63, 3.8) is 0 Å². The predicted molar refractivity (Wildman–Crippen MR) is 78.3 cm³/mol. The lowest BCUT2D eigenvalue weighted by molar-refractivity contribution is -0.138. The van der Waals surface area contributed by atoms with Crippen molar-refractivity contribution in [2.45, 2.75) is 11.1 Å². The van der Waals surface area contributed by atoms with Gasteiger partial charge in [0.1, 0.15) is 12.4 Å². The van der Waals surface area contributed by atoms with Crippen LogP contribution in [-0.2, 0) is 19.6 Å². The highest BCUT2D eigenvalue weighted by molar-refractivity contribution is 7.89. The van der Waals surface area contributed by atoms with Crippen molar-refractivity contribution in [3.05, 3.63) is 30.1 Å². The first-order valence-corrected chi connectivity index (χ1v) is 8.18. The standard InChI is InChI=1S/C13H15F4N3O4S/c1-20(25(23,24)10-4-2-9(14)3-5-10)7-12(22)18-6-11(21)19-8-13(15,16)17/h2-5H,6-8H2,1H3,(H,18,22)(H,19,21). The second kappa shape index (κ2) is 8.25. The SMILES string of the molecule is CN(CC(=O)NCC(=O)NCC(F)(F)F)S(=O)(=O)c1ccc(F)cc1. The minimum atomic E-state index is -4.58. The number of sulfonamides is 1. The fourth-order valence-electron chi connectivity index (χ4n) is 1.57. The van der Waals surface area contributed by atoms with Gasteiger partial charge in [0.05, 0.1) is 18.0 Å². The number of rotatable bonds is 7. The molecule has 0 saturated carbocycles. The van der Waals surface area contributed by atoms with Gasteiger partial charge in [-0.2, -0.15) is 17.5 Å². The molecule has 1 aromatic rings. The molecule has 2 amide bonds. The second-order valence-corrected chi connectivity index (χ2v) is 6.93. The zero-order valence-electron chi connectivity index (χ0n) is 12.9. The van der Waals surface area contributed by atoms with Gasteiger partial charge < -0.3 is 10.6 Å². The van der Waals surface area contributed by atoms with Crippen molar-refractivity contribution in [2.75, 3.05) is 26.7 Å². The lowest BCUT2D eigenvalue weighted by Crippen LogP contribution is -2.44. The summed E-state index contributed by atoms with van der Waals surface area (Å²) in [7, 11) is -2.98. The summed E-state index contributed by atoms with van der Waals surface area (Å²) in [5, 5.41) is 3.54. The fraction of sp³-hybridized carbons (Fsp3) is 0.385. The Morgan fingerprint density at radius 1 is 1.08 bits per heavy atom. The van der Waals surface area contributed by atoms with Crippen LogP contribution in [0.5, 0.6) is 0 Å². The first-order valence-electron chi connectivity index (χ1n) is 6.74. The van der Waals surface area contributed by atoms with E-state index in [-0.39, 0.29) is 4.90 Å². The molecule has 1 aromatic carbocycles. The Labute approximate surface area is 141 Å². The third-order valence-electron chi connectivity index (χ3n) is 2.82. The molecular formula is C13H15F4N3O4S. The molecule has 0 fully saturated rings. The molecule has 25 heavy (non-hydrogen) atoms. The molecule has 0 atom stereocenters. The topological polar surface area (TPSA) is 95.6 Å². The summed E-state index contributed by atoms with van der Waals surface area (Å²) in [4.78, 5) is 22.5. The summed E-state index contributed by atoms with van der Waals surface area (Å²) in [5.41, 5.74) is 0. The molecule has 0 heterocycles. The lowest BCUT2D eigenvalue weighted by atomic mass is 10.4. The van der Waals surface area contributed by atoms with Crippen molar-refractivity contribution in [1.82, 2.24) is 14.9 Å². The molecule has 0 spiro atoms. The monoisotopic (exact) mass is 385 g/mol. The molecule has 0 unspecified atom stereocenters. The number of benzene rings is 1. The van der Waals surface area contributed by atoms with Crippen LogP contribution in [0.25, 0.3) is 0 Å². The summed E-state index contributed by atoms with van der Waals surface area (Å²) in [6, 6.07) is 3.91. The summed E-state index contributed by atoms with van der Waals surface area (Å²) in [5.74, 6) is -2.60. The number of amides is 2. The molecule has 12 heteroatoms. The minimum Gasteiger partial charge on any atom is -0.346 e. The quantitative estimate of drug-likeness (QED) is 0.658. The van der Waals surface area contributed by atoms with Crippen molar-refractivity contribution < 1.29 is 35.6 Å². The van der Waals surface area contributed by atoms with Gasteiger partial charge in [-0.25, -0.2) is 12.8 Å². The number of hydrogen-bond acceptors (Lipinski definition) is 4. The third-order valence-corrected chi connectivity index (χ3v) is 4.64. The molecule has 0 bridgehead atoms. The average molecular weight is 385 g/mol. The molecule has 0 aliphatic rings. The van der Waals surface area contributed by atoms with Gasteiger partial charge in [-0.15, -0.1) is 0 Å². The zero-order chi connectivity index (χ0) is 19.3. The smallest absolute Gasteiger partial charge is 0.346 e. The highest BCUT2D eigenvalue weighted by Gasteiger charge is 2.28. The Morgan fingerprint density at radius 3 is 2.16 bits per heavy atom. The summed E-state index contributed by atoms with van der Waals surface area (Å²) >= 11 is 0. The van der Waals surface area contributed by atoms with Gasteiger partial charge in [-0.05, 0) is 24.3 Å². The van der Waals surface area contributed by atoms with Gasteiger partial charge in [0.15, 0.2) is 0 Å². The second-order valence-electron chi connectivity index (χ2n) is 4.88. The van der Waals surface area contributed by atoms with E-state index in [4.69, 9.17) is 0 Å². The molecule has 0 aliphatic carbocycles. The number of carbonyl (C=O) groups is 2. The van der Waals surface area contributed by atoms with E-state index in [2.05, 4.69) is 0 Å². The van der Waals surface area contributed by atoms with Crippen molar-refractivity contribution in [2.24, 2.45) is 0 Å². The maximum Gasteiger partial charge on any atom is 0.405 e. The summed E-state index contributed by atoms with van der Waals surface area (Å²) < 4.78 is 73.5. The molecule has 0 saturated heterocycles. The van der Waals surface area contributed by atoms with Crippen LogP contribution in [0.3, 0.4) is 0 Å². The molecule has 0 radical (unpaired) electrons. The summed E-state index contributed by atoms with van der Waals surface area (Å²) in [6.07, 6.45) is -4.58. The summed E-state index contributed by atoms with van der Waals surface area (Å²) in [6.45, 7) is -2.95. The molecular weight excluding hydrogens is 370 g/mol. The molecule has 0 aromatic heterocycles. The Balaban J connectivity index is 2.53. The van der Waals surface area contributed by atoms with Crippen molar-refractivity contribution in [1.29, 1.82) is 0 Å². The van der Waals surface area contributed by atoms with Crippen LogP contribution in [0.1, 0.15) is 0 Å². The normalized spacial score (nSPS) is 12.1. The number of nitrogens with zero attached hydrogens (tertiary/aromatic N) is 1. The van der Waals surface area contributed by atoms with Gasteiger partial charge in [-0.3, -0.25) is 9.59 Å². The van der Waals surface area contributed by atoms with E-state index in [0.29, 0.717) is 4.31 Å². The minimum absolute atomic E-state index is 0.243. The Morgan fingerprint density at radius 2 is 1.64 bits per heavy atom. The van der Waals surface area contributed by atoms with Crippen LogP contribution in [0.15, 0.2) is 29.2 Å². The number of hydrogen-bond donors (Lipinski definition) is 2. The van der Waals surface area contributed by atoms with E-state index in [1.807, 2.05) is 5.32 Å². The van der Waals surface area contributed by atoms with E-state index < -0.39 is 53.5 Å². The average Bonchev–Trinajstić information content (AvgIpc) is 2.50. The van der Waals surface area contributed by atoms with E-state index in [9.17, 15) is 35.6 Å². The van der Waals surface area contributed by atoms with Gasteiger partial charge in [0.2, 0.25) is 21.8 Å². The van der Waals surface area contributed by atoms with Crippen LogP contribution in [0.2, 0.25) is 0 Å². The van der Waals surface area contributed by atoms with Crippen LogP contribution in [0, 0.1) is 5.82 Å². The maximum absolute atomic E-state index is 12.8.